The van der Waals surface area contributed by atoms with E-state index in [0.29, 0.717) is 16.7 Å². The summed E-state index contributed by atoms with van der Waals surface area (Å²) >= 11 is 5.95. The van der Waals surface area contributed by atoms with E-state index in [9.17, 15) is 27.2 Å². The summed E-state index contributed by atoms with van der Waals surface area (Å²) in [7, 11) is 0. The molecule has 0 radical (unpaired) electrons. The first-order valence-electron chi connectivity index (χ1n) is 8.56. The molecular formula is C18H15ClF4N4O3. The Hall–Kier alpha value is -2.95. The van der Waals surface area contributed by atoms with Gasteiger partial charge >= 0.3 is 12.3 Å². The van der Waals surface area contributed by atoms with Gasteiger partial charge in [-0.1, -0.05) is 11.6 Å². The highest BCUT2D eigenvalue weighted by atomic mass is 35.5. The van der Waals surface area contributed by atoms with Crippen molar-refractivity contribution >= 4 is 29.2 Å². The number of fused-ring (bicyclic) bond motifs is 1. The van der Waals surface area contributed by atoms with E-state index >= 15 is 0 Å². The molecular weight excluding hydrogens is 432 g/mol. The summed E-state index contributed by atoms with van der Waals surface area (Å²) in [6.07, 6.45) is -1.23. The fourth-order valence-electron chi connectivity index (χ4n) is 2.79. The molecule has 0 saturated carbocycles. The lowest BCUT2D eigenvalue weighted by atomic mass is 10.1. The second-order valence-corrected chi connectivity index (χ2v) is 6.92. The van der Waals surface area contributed by atoms with Crippen molar-refractivity contribution in [1.29, 1.82) is 0 Å². The largest absolute Gasteiger partial charge is 0.470 e. The number of halogens is 5. The van der Waals surface area contributed by atoms with Gasteiger partial charge in [-0.2, -0.15) is 8.78 Å². The lowest BCUT2D eigenvalue weighted by Gasteiger charge is -2.18. The van der Waals surface area contributed by atoms with Crippen LogP contribution in [0.15, 0.2) is 24.5 Å². The molecule has 0 fully saturated rings. The molecule has 0 atom stereocenters. The number of aromatic nitrogens is 2. The van der Waals surface area contributed by atoms with Crippen molar-refractivity contribution in [2.24, 2.45) is 0 Å². The van der Waals surface area contributed by atoms with E-state index in [1.165, 1.54) is 36.4 Å². The van der Waals surface area contributed by atoms with Crippen LogP contribution in [0.2, 0.25) is 5.02 Å². The molecule has 0 spiro atoms. The SMILES string of the molecule is CC(=O)Nc1nccc2c1CN(Cc1cnc(OCC(F)(F)C(F)F)c(Cl)c1)C2=O. The van der Waals surface area contributed by atoms with Crippen LogP contribution in [-0.4, -0.2) is 45.6 Å². The molecule has 2 aromatic rings. The summed E-state index contributed by atoms with van der Waals surface area (Å²) in [4.78, 5) is 33.2. The summed E-state index contributed by atoms with van der Waals surface area (Å²) < 4.78 is 55.0. The number of rotatable bonds is 7. The average molecular weight is 447 g/mol. The van der Waals surface area contributed by atoms with Crippen LogP contribution in [0.3, 0.4) is 0 Å². The molecule has 1 N–H and O–H groups in total. The van der Waals surface area contributed by atoms with E-state index in [1.54, 1.807) is 0 Å². The molecule has 3 heterocycles. The molecule has 1 aliphatic rings. The smallest absolute Gasteiger partial charge is 0.340 e. The number of alkyl halides is 4. The van der Waals surface area contributed by atoms with Crippen LogP contribution in [0.5, 0.6) is 5.88 Å². The highest BCUT2D eigenvalue weighted by Gasteiger charge is 2.42. The first-order valence-corrected chi connectivity index (χ1v) is 8.94. The molecule has 0 bridgehead atoms. The van der Waals surface area contributed by atoms with Crippen molar-refractivity contribution in [2.45, 2.75) is 32.4 Å². The minimum Gasteiger partial charge on any atom is -0.470 e. The third-order valence-corrected chi connectivity index (χ3v) is 4.45. The van der Waals surface area contributed by atoms with Gasteiger partial charge < -0.3 is 15.0 Å². The number of hydrogen-bond acceptors (Lipinski definition) is 5. The van der Waals surface area contributed by atoms with Gasteiger partial charge in [0.25, 0.3) is 5.91 Å². The second kappa shape index (κ2) is 8.42. The summed E-state index contributed by atoms with van der Waals surface area (Å²) in [5, 5.41) is 2.40. The normalized spacial score (nSPS) is 13.6. The Morgan fingerprint density at radius 2 is 2.13 bits per heavy atom. The third-order valence-electron chi connectivity index (χ3n) is 4.17. The van der Waals surface area contributed by atoms with Gasteiger partial charge in [0.1, 0.15) is 10.8 Å². The zero-order chi connectivity index (χ0) is 22.1. The molecule has 7 nitrogen and oxygen atoms in total. The van der Waals surface area contributed by atoms with E-state index in [4.69, 9.17) is 11.6 Å². The molecule has 0 aliphatic carbocycles. The Morgan fingerprint density at radius 1 is 1.40 bits per heavy atom. The molecule has 12 heteroatoms. The van der Waals surface area contributed by atoms with Crippen LogP contribution in [0.25, 0.3) is 0 Å². The van der Waals surface area contributed by atoms with Crippen molar-refractivity contribution in [3.05, 3.63) is 46.2 Å². The van der Waals surface area contributed by atoms with Gasteiger partial charge in [0.05, 0.1) is 6.54 Å². The lowest BCUT2D eigenvalue weighted by molar-refractivity contribution is -0.148. The lowest BCUT2D eigenvalue weighted by Crippen LogP contribution is -2.34. The highest BCUT2D eigenvalue weighted by molar-refractivity contribution is 6.31. The Balaban J connectivity index is 1.71. The standard InChI is InChI=1S/C18H15ClF4N4O3/c1-9(28)26-14-12-7-27(16(29)11(12)2-3-24-14)6-10-4-13(19)15(25-5-10)30-8-18(22,23)17(20)21/h2-5,17H,6-8H2,1H3,(H,24,26,28). The van der Waals surface area contributed by atoms with Crippen molar-refractivity contribution in [1.82, 2.24) is 14.9 Å². The summed E-state index contributed by atoms with van der Waals surface area (Å²) in [5.74, 6) is -5.10. The fraction of sp³-hybridized carbons (Fsp3) is 0.333. The van der Waals surface area contributed by atoms with E-state index in [0.717, 1.165) is 0 Å². The zero-order valence-electron chi connectivity index (χ0n) is 15.5. The minimum atomic E-state index is -4.34. The second-order valence-electron chi connectivity index (χ2n) is 6.51. The summed E-state index contributed by atoms with van der Waals surface area (Å²) in [6.45, 7) is 0.000982. The highest BCUT2D eigenvalue weighted by Crippen LogP contribution is 2.31. The van der Waals surface area contributed by atoms with Gasteiger partial charge in [0, 0.05) is 37.0 Å². The van der Waals surface area contributed by atoms with Gasteiger partial charge in [-0.25, -0.2) is 18.7 Å². The molecule has 160 valence electrons. The number of carbonyl (C=O) groups is 2. The Bertz CT molecular complexity index is 990. The monoisotopic (exact) mass is 446 g/mol. The molecule has 2 amide bonds. The molecule has 0 saturated heterocycles. The molecule has 0 aromatic carbocycles. The summed E-state index contributed by atoms with van der Waals surface area (Å²) in [5.41, 5.74) is 1.41. The van der Waals surface area contributed by atoms with E-state index in [2.05, 4.69) is 20.0 Å². The van der Waals surface area contributed by atoms with Gasteiger partial charge in [-0.15, -0.1) is 0 Å². The molecule has 30 heavy (non-hydrogen) atoms. The fourth-order valence-corrected chi connectivity index (χ4v) is 3.04. The Labute approximate surface area is 173 Å². The van der Waals surface area contributed by atoms with Crippen molar-refractivity contribution < 1.29 is 31.9 Å². The predicted octanol–water partition coefficient (Wildman–Crippen LogP) is 3.52. The topological polar surface area (TPSA) is 84.4 Å². The maximum Gasteiger partial charge on any atom is 0.340 e. The zero-order valence-corrected chi connectivity index (χ0v) is 16.2. The number of nitrogens with one attached hydrogen (secondary N) is 1. The minimum absolute atomic E-state index is 0.0766. The van der Waals surface area contributed by atoms with E-state index < -0.39 is 24.8 Å². The molecule has 3 rings (SSSR count). The molecule has 2 aromatic heterocycles. The van der Waals surface area contributed by atoms with Crippen LogP contribution in [0, 0.1) is 0 Å². The predicted molar refractivity (Wildman–Crippen MR) is 97.8 cm³/mol. The maximum absolute atomic E-state index is 13.0. The van der Waals surface area contributed by atoms with E-state index in [-0.39, 0.29) is 35.7 Å². The first-order chi connectivity index (χ1) is 14.1. The number of amides is 2. The van der Waals surface area contributed by atoms with Crippen LogP contribution >= 0.6 is 11.6 Å². The van der Waals surface area contributed by atoms with Gasteiger partial charge in [0.2, 0.25) is 11.8 Å². The van der Waals surface area contributed by atoms with Crippen molar-refractivity contribution in [2.75, 3.05) is 11.9 Å². The van der Waals surface area contributed by atoms with Crippen LogP contribution in [-0.2, 0) is 17.9 Å². The van der Waals surface area contributed by atoms with Gasteiger partial charge in [-0.05, 0) is 17.7 Å². The first kappa shape index (κ1) is 21.8. The number of nitrogens with zero attached hydrogens (tertiary/aromatic N) is 3. The van der Waals surface area contributed by atoms with Gasteiger partial charge in [0.15, 0.2) is 6.61 Å². The number of ether oxygens (including phenoxy) is 1. The van der Waals surface area contributed by atoms with E-state index in [1.807, 2.05) is 0 Å². The third kappa shape index (κ3) is 4.61. The van der Waals surface area contributed by atoms with Crippen LogP contribution in [0.4, 0.5) is 23.4 Å². The Morgan fingerprint density at radius 3 is 2.77 bits per heavy atom. The molecule has 0 unspecified atom stereocenters. The van der Waals surface area contributed by atoms with Crippen molar-refractivity contribution in [3.63, 3.8) is 0 Å². The average Bonchev–Trinajstić information content (AvgIpc) is 2.97. The maximum atomic E-state index is 13.0. The number of pyridine rings is 2. The summed E-state index contributed by atoms with van der Waals surface area (Å²) in [6, 6.07) is 2.88. The van der Waals surface area contributed by atoms with Crippen LogP contribution < -0.4 is 10.1 Å². The number of carbonyl (C=O) groups excluding carboxylic acids is 2. The molecule has 1 aliphatic heterocycles. The Kier molecular flexibility index (Phi) is 6.11. The number of anilines is 1. The number of hydrogen-bond donors (Lipinski definition) is 1. The quantitative estimate of drug-likeness (QED) is 0.658. The van der Waals surface area contributed by atoms with Crippen LogP contribution in [0.1, 0.15) is 28.4 Å². The van der Waals surface area contributed by atoms with Gasteiger partial charge in [-0.3, -0.25) is 9.59 Å². The van der Waals surface area contributed by atoms with Crippen molar-refractivity contribution in [3.8, 4) is 5.88 Å².